The first-order chi connectivity index (χ1) is 11.2. The van der Waals surface area contributed by atoms with Crippen LogP contribution in [0.3, 0.4) is 0 Å². The third kappa shape index (κ3) is 3.49. The summed E-state index contributed by atoms with van der Waals surface area (Å²) in [5, 5.41) is 9.52. The van der Waals surface area contributed by atoms with Crippen molar-refractivity contribution >= 4 is 7.12 Å². The molecule has 0 aliphatic carbocycles. The lowest BCUT2D eigenvalue weighted by atomic mass is 9.80. The van der Waals surface area contributed by atoms with E-state index in [1.165, 1.54) is 0 Å². The lowest BCUT2D eigenvalue weighted by Gasteiger charge is -2.13. The van der Waals surface area contributed by atoms with Gasteiger partial charge < -0.3 is 19.2 Å². The Labute approximate surface area is 136 Å². The number of ether oxygens (including phenoxy) is 2. The van der Waals surface area contributed by atoms with Gasteiger partial charge in [0.05, 0.1) is 13.7 Å². The lowest BCUT2D eigenvalue weighted by Crippen LogP contribution is -2.07. The third-order valence-electron chi connectivity index (χ3n) is 4.00. The maximum absolute atomic E-state index is 9.52. The maximum atomic E-state index is 9.52. The SMILES string of the molecule is CCOc1ccc(-c2cncc([C@@H]3COB(O)C3)c2)cc1OC. The molecule has 0 bridgehead atoms. The van der Waals surface area contributed by atoms with E-state index in [9.17, 15) is 5.02 Å². The van der Waals surface area contributed by atoms with E-state index in [0.29, 0.717) is 25.3 Å². The summed E-state index contributed by atoms with van der Waals surface area (Å²) in [6.45, 7) is 3.06. The molecule has 1 atom stereocenters. The molecule has 1 fully saturated rings. The van der Waals surface area contributed by atoms with Crippen molar-refractivity contribution in [1.82, 2.24) is 4.98 Å². The molecule has 0 saturated carbocycles. The summed E-state index contributed by atoms with van der Waals surface area (Å²) in [6, 6.07) is 7.95. The van der Waals surface area contributed by atoms with Crippen molar-refractivity contribution in [2.24, 2.45) is 0 Å². The molecule has 5 nitrogen and oxygen atoms in total. The van der Waals surface area contributed by atoms with E-state index in [0.717, 1.165) is 22.4 Å². The molecule has 1 aromatic heterocycles. The highest BCUT2D eigenvalue weighted by Gasteiger charge is 2.30. The van der Waals surface area contributed by atoms with Gasteiger partial charge in [-0.2, -0.15) is 0 Å². The summed E-state index contributed by atoms with van der Waals surface area (Å²) < 4.78 is 16.2. The van der Waals surface area contributed by atoms with Crippen molar-refractivity contribution in [1.29, 1.82) is 0 Å². The van der Waals surface area contributed by atoms with E-state index in [-0.39, 0.29) is 5.92 Å². The molecule has 6 heteroatoms. The predicted octanol–water partition coefficient (Wildman–Crippen LogP) is 2.75. The molecule has 0 unspecified atom stereocenters. The number of benzene rings is 1. The van der Waals surface area contributed by atoms with Crippen molar-refractivity contribution in [3.63, 3.8) is 0 Å². The van der Waals surface area contributed by atoms with Crippen molar-refractivity contribution in [2.45, 2.75) is 19.2 Å². The topological polar surface area (TPSA) is 60.8 Å². The summed E-state index contributed by atoms with van der Waals surface area (Å²) in [6.07, 6.45) is 4.27. The Morgan fingerprint density at radius 1 is 1.26 bits per heavy atom. The van der Waals surface area contributed by atoms with E-state index in [1.807, 2.05) is 37.5 Å². The Morgan fingerprint density at radius 2 is 2.13 bits per heavy atom. The minimum atomic E-state index is -0.672. The Bertz CT molecular complexity index is 679. The number of nitrogens with zero attached hydrogens (tertiary/aromatic N) is 1. The zero-order valence-corrected chi connectivity index (χ0v) is 13.4. The van der Waals surface area contributed by atoms with Crippen LogP contribution in [0.2, 0.25) is 6.32 Å². The van der Waals surface area contributed by atoms with Crippen LogP contribution >= 0.6 is 0 Å². The Hall–Kier alpha value is -2.05. The molecule has 1 aliphatic heterocycles. The zero-order valence-electron chi connectivity index (χ0n) is 13.4. The molecular weight excluding hydrogens is 293 g/mol. The number of rotatable bonds is 5. The number of hydrogen-bond donors (Lipinski definition) is 1. The van der Waals surface area contributed by atoms with Crippen LogP contribution in [-0.2, 0) is 4.65 Å². The summed E-state index contributed by atoms with van der Waals surface area (Å²) in [7, 11) is 0.960. The molecule has 0 spiro atoms. The van der Waals surface area contributed by atoms with E-state index in [2.05, 4.69) is 11.1 Å². The first-order valence-electron chi connectivity index (χ1n) is 7.77. The number of hydrogen-bond acceptors (Lipinski definition) is 5. The van der Waals surface area contributed by atoms with Crippen molar-refractivity contribution < 1.29 is 19.2 Å². The van der Waals surface area contributed by atoms with Gasteiger partial charge >= 0.3 is 7.12 Å². The second-order valence-electron chi connectivity index (χ2n) is 5.53. The second-order valence-corrected chi connectivity index (χ2v) is 5.53. The number of pyridine rings is 1. The molecule has 1 N–H and O–H groups in total. The molecule has 1 saturated heterocycles. The van der Waals surface area contributed by atoms with Gasteiger partial charge in [-0.25, -0.2) is 0 Å². The van der Waals surface area contributed by atoms with Gasteiger partial charge in [0, 0.05) is 30.5 Å². The third-order valence-corrected chi connectivity index (χ3v) is 4.00. The highest BCUT2D eigenvalue weighted by molar-refractivity contribution is 6.43. The maximum Gasteiger partial charge on any atom is 0.454 e. The van der Waals surface area contributed by atoms with Gasteiger partial charge in [0.1, 0.15) is 0 Å². The molecule has 0 amide bonds. The first-order valence-corrected chi connectivity index (χ1v) is 7.77. The molecule has 2 aromatic rings. The van der Waals surface area contributed by atoms with Crippen molar-refractivity contribution in [3.05, 3.63) is 42.2 Å². The summed E-state index contributed by atoms with van der Waals surface area (Å²) in [4.78, 5) is 4.34. The van der Waals surface area contributed by atoms with E-state index >= 15 is 0 Å². The van der Waals surface area contributed by atoms with Gasteiger partial charge in [-0.05, 0) is 42.6 Å². The van der Waals surface area contributed by atoms with E-state index in [1.54, 1.807) is 7.11 Å². The summed E-state index contributed by atoms with van der Waals surface area (Å²) >= 11 is 0. The molecule has 0 radical (unpaired) electrons. The van der Waals surface area contributed by atoms with Gasteiger partial charge in [0.2, 0.25) is 0 Å². The van der Waals surface area contributed by atoms with E-state index < -0.39 is 7.12 Å². The second kappa shape index (κ2) is 7.02. The smallest absolute Gasteiger partial charge is 0.454 e. The van der Waals surface area contributed by atoms with Crippen LogP contribution in [0.4, 0.5) is 0 Å². The standard InChI is InChI=1S/C17H20BNO4/c1-3-22-16-5-4-12(7-17(16)21-2)13-6-14(10-19-9-13)15-8-18(20)23-11-15/h4-7,9-10,15,20H,3,8,11H2,1-2H3/t15-/m0/s1. The summed E-state index contributed by atoms with van der Waals surface area (Å²) in [5.74, 6) is 1.62. The highest BCUT2D eigenvalue weighted by atomic mass is 16.5. The monoisotopic (exact) mass is 313 g/mol. The van der Waals surface area contributed by atoms with Crippen LogP contribution in [0.25, 0.3) is 11.1 Å². The highest BCUT2D eigenvalue weighted by Crippen LogP contribution is 2.34. The van der Waals surface area contributed by atoms with Gasteiger partial charge in [-0.15, -0.1) is 0 Å². The van der Waals surface area contributed by atoms with E-state index in [4.69, 9.17) is 14.1 Å². The summed E-state index contributed by atoms with van der Waals surface area (Å²) in [5.41, 5.74) is 3.09. The fraction of sp³-hybridized carbons (Fsp3) is 0.353. The fourth-order valence-corrected chi connectivity index (χ4v) is 2.80. The van der Waals surface area contributed by atoms with Crippen molar-refractivity contribution in [2.75, 3.05) is 20.3 Å². The molecule has 1 aromatic carbocycles. The molecule has 3 rings (SSSR count). The zero-order chi connectivity index (χ0) is 16.2. The van der Waals surface area contributed by atoms with Crippen molar-refractivity contribution in [3.8, 4) is 22.6 Å². The predicted molar refractivity (Wildman–Crippen MR) is 88.9 cm³/mol. The number of methoxy groups -OCH3 is 1. The molecule has 1 aliphatic rings. The van der Waals surface area contributed by atoms with Crippen LogP contribution in [0.5, 0.6) is 11.5 Å². The fourth-order valence-electron chi connectivity index (χ4n) is 2.80. The van der Waals surface area contributed by atoms with Gasteiger partial charge in [0.15, 0.2) is 11.5 Å². The van der Waals surface area contributed by atoms with Gasteiger partial charge in [-0.1, -0.05) is 6.07 Å². The number of aromatic nitrogens is 1. The minimum Gasteiger partial charge on any atom is -0.493 e. The Kier molecular flexibility index (Phi) is 4.83. The molecule has 120 valence electrons. The lowest BCUT2D eigenvalue weighted by molar-refractivity contribution is 0.292. The normalized spacial score (nSPS) is 17.3. The Morgan fingerprint density at radius 3 is 2.83 bits per heavy atom. The molecule has 23 heavy (non-hydrogen) atoms. The average molecular weight is 313 g/mol. The first kappa shape index (κ1) is 15.8. The molecular formula is C17H20BNO4. The molecule has 2 heterocycles. The quantitative estimate of drug-likeness (QED) is 0.860. The van der Waals surface area contributed by atoms with Gasteiger partial charge in [0.25, 0.3) is 0 Å². The minimum absolute atomic E-state index is 0.182. The Balaban J connectivity index is 1.89. The van der Waals surface area contributed by atoms with Crippen LogP contribution in [0.1, 0.15) is 18.4 Å². The van der Waals surface area contributed by atoms with Crippen LogP contribution < -0.4 is 9.47 Å². The van der Waals surface area contributed by atoms with Gasteiger partial charge in [-0.3, -0.25) is 4.98 Å². The van der Waals surface area contributed by atoms with Crippen LogP contribution in [-0.4, -0.2) is 37.4 Å². The largest absolute Gasteiger partial charge is 0.493 e. The average Bonchev–Trinajstić information content (AvgIpc) is 3.02. The van der Waals surface area contributed by atoms with Crippen LogP contribution in [0.15, 0.2) is 36.7 Å². The van der Waals surface area contributed by atoms with Crippen LogP contribution in [0, 0.1) is 0 Å².